The zero-order chi connectivity index (χ0) is 12.5. The summed E-state index contributed by atoms with van der Waals surface area (Å²) < 4.78 is 0. The predicted molar refractivity (Wildman–Crippen MR) is 70.6 cm³/mol. The van der Waals surface area contributed by atoms with Crippen molar-refractivity contribution in [1.29, 1.82) is 0 Å². The van der Waals surface area contributed by atoms with Crippen molar-refractivity contribution in [2.75, 3.05) is 6.54 Å². The molecule has 1 saturated carbocycles. The lowest BCUT2D eigenvalue weighted by atomic mass is 9.76. The van der Waals surface area contributed by atoms with Crippen molar-refractivity contribution in [1.82, 2.24) is 0 Å². The Kier molecular flexibility index (Phi) is 3.55. The lowest BCUT2D eigenvalue weighted by molar-refractivity contribution is 0.0303. The molecule has 1 aliphatic carbocycles. The molecule has 0 spiro atoms. The van der Waals surface area contributed by atoms with E-state index >= 15 is 0 Å². The van der Waals surface area contributed by atoms with Crippen molar-refractivity contribution >= 4 is 0 Å². The average molecular weight is 233 g/mol. The highest BCUT2D eigenvalue weighted by Gasteiger charge is 2.43. The first-order valence-electron chi connectivity index (χ1n) is 6.53. The van der Waals surface area contributed by atoms with Crippen LogP contribution in [-0.2, 0) is 0 Å². The zero-order valence-electron chi connectivity index (χ0n) is 10.8. The van der Waals surface area contributed by atoms with Crippen LogP contribution in [0.2, 0.25) is 0 Å². The molecule has 1 aliphatic rings. The van der Waals surface area contributed by atoms with Gasteiger partial charge in [0.1, 0.15) is 0 Å². The summed E-state index contributed by atoms with van der Waals surface area (Å²) in [4.78, 5) is 0. The van der Waals surface area contributed by atoms with Gasteiger partial charge in [-0.25, -0.2) is 0 Å². The van der Waals surface area contributed by atoms with Crippen molar-refractivity contribution in [3.05, 3.63) is 35.4 Å². The van der Waals surface area contributed by atoms with E-state index in [0.29, 0.717) is 12.5 Å². The fraction of sp³-hybridized carbons (Fsp3) is 0.600. The van der Waals surface area contributed by atoms with Gasteiger partial charge in [-0.05, 0) is 36.8 Å². The van der Waals surface area contributed by atoms with E-state index in [1.165, 1.54) is 6.42 Å². The van der Waals surface area contributed by atoms with Gasteiger partial charge in [-0.1, -0.05) is 37.6 Å². The molecular formula is C15H23NO. The van der Waals surface area contributed by atoms with Crippen LogP contribution in [0.3, 0.4) is 0 Å². The molecular weight excluding hydrogens is 210 g/mol. The summed E-state index contributed by atoms with van der Waals surface area (Å²) in [6.45, 7) is 4.88. The molecule has 17 heavy (non-hydrogen) atoms. The fourth-order valence-electron chi connectivity index (χ4n) is 3.20. The van der Waals surface area contributed by atoms with Crippen LogP contribution in [-0.4, -0.2) is 11.7 Å². The molecule has 3 N–H and O–H groups in total. The van der Waals surface area contributed by atoms with Crippen LogP contribution >= 0.6 is 0 Å². The number of aryl methyl sites for hydroxylation is 1. The molecule has 2 rings (SSSR count). The van der Waals surface area contributed by atoms with Gasteiger partial charge in [0.2, 0.25) is 0 Å². The van der Waals surface area contributed by atoms with Gasteiger partial charge in [0.05, 0.1) is 6.10 Å². The summed E-state index contributed by atoms with van der Waals surface area (Å²) in [7, 11) is 0. The Morgan fingerprint density at radius 2 is 2.18 bits per heavy atom. The van der Waals surface area contributed by atoms with E-state index < -0.39 is 6.10 Å². The molecule has 0 saturated heterocycles. The Labute approximate surface area is 104 Å². The van der Waals surface area contributed by atoms with Crippen molar-refractivity contribution in [2.24, 2.45) is 17.1 Å². The van der Waals surface area contributed by atoms with Crippen LogP contribution in [0.1, 0.15) is 43.4 Å². The van der Waals surface area contributed by atoms with E-state index in [9.17, 15) is 5.11 Å². The van der Waals surface area contributed by atoms with Crippen LogP contribution in [0, 0.1) is 18.3 Å². The fourth-order valence-corrected chi connectivity index (χ4v) is 3.20. The highest BCUT2D eigenvalue weighted by atomic mass is 16.3. The molecule has 3 unspecified atom stereocenters. The minimum Gasteiger partial charge on any atom is -0.388 e. The van der Waals surface area contributed by atoms with Gasteiger partial charge in [-0.15, -0.1) is 0 Å². The maximum atomic E-state index is 10.7. The second-order valence-corrected chi connectivity index (χ2v) is 5.67. The Morgan fingerprint density at radius 1 is 1.47 bits per heavy atom. The van der Waals surface area contributed by atoms with Crippen molar-refractivity contribution in [2.45, 2.75) is 39.2 Å². The predicted octanol–water partition coefficient (Wildman–Crippen LogP) is 2.79. The van der Waals surface area contributed by atoms with E-state index in [2.05, 4.69) is 19.9 Å². The molecule has 0 amide bonds. The molecule has 1 aromatic rings. The molecule has 1 fully saturated rings. The number of aliphatic hydroxyl groups is 1. The summed E-state index contributed by atoms with van der Waals surface area (Å²) >= 11 is 0. The first-order chi connectivity index (χ1) is 8.09. The lowest BCUT2D eigenvalue weighted by Gasteiger charge is -2.34. The van der Waals surface area contributed by atoms with E-state index in [-0.39, 0.29) is 5.41 Å². The molecule has 2 nitrogen and oxygen atoms in total. The largest absolute Gasteiger partial charge is 0.388 e. The van der Waals surface area contributed by atoms with Crippen LogP contribution in [0.15, 0.2) is 24.3 Å². The van der Waals surface area contributed by atoms with E-state index in [1.807, 2.05) is 18.2 Å². The van der Waals surface area contributed by atoms with Crippen molar-refractivity contribution < 1.29 is 5.11 Å². The third-order valence-corrected chi connectivity index (χ3v) is 4.36. The molecule has 0 heterocycles. The summed E-state index contributed by atoms with van der Waals surface area (Å²) in [6, 6.07) is 8.09. The standard InChI is InChI=1S/C15H23NO/c1-11-7-8-15(9-11,10-16)14(17)13-6-4-3-5-12(13)2/h3-6,11,14,17H,7-10,16H2,1-2H3. The smallest absolute Gasteiger partial charge is 0.0860 e. The summed E-state index contributed by atoms with van der Waals surface area (Å²) in [5, 5.41) is 10.7. The Morgan fingerprint density at radius 3 is 2.71 bits per heavy atom. The second-order valence-electron chi connectivity index (χ2n) is 5.67. The zero-order valence-corrected chi connectivity index (χ0v) is 10.8. The average Bonchev–Trinajstić information content (AvgIpc) is 2.72. The first kappa shape index (κ1) is 12.6. The Bertz CT molecular complexity index is 390. The quantitative estimate of drug-likeness (QED) is 0.843. The molecule has 3 atom stereocenters. The number of rotatable bonds is 3. The van der Waals surface area contributed by atoms with Crippen molar-refractivity contribution in [3.63, 3.8) is 0 Å². The second kappa shape index (κ2) is 4.79. The number of benzene rings is 1. The van der Waals surface area contributed by atoms with Crippen LogP contribution in [0.5, 0.6) is 0 Å². The van der Waals surface area contributed by atoms with Crippen LogP contribution in [0.25, 0.3) is 0 Å². The van der Waals surface area contributed by atoms with Gasteiger partial charge < -0.3 is 10.8 Å². The number of aliphatic hydroxyl groups excluding tert-OH is 1. The van der Waals surface area contributed by atoms with Gasteiger partial charge in [0.15, 0.2) is 0 Å². The highest BCUT2D eigenvalue weighted by Crippen LogP contribution is 2.49. The molecule has 0 aliphatic heterocycles. The molecule has 1 aromatic carbocycles. The van der Waals surface area contributed by atoms with Gasteiger partial charge in [-0.2, -0.15) is 0 Å². The molecule has 0 aromatic heterocycles. The van der Waals surface area contributed by atoms with Crippen molar-refractivity contribution in [3.8, 4) is 0 Å². The maximum Gasteiger partial charge on any atom is 0.0860 e. The monoisotopic (exact) mass is 233 g/mol. The third kappa shape index (κ3) is 2.24. The van der Waals surface area contributed by atoms with Gasteiger partial charge >= 0.3 is 0 Å². The highest BCUT2D eigenvalue weighted by molar-refractivity contribution is 5.29. The molecule has 94 valence electrons. The van der Waals surface area contributed by atoms with Crippen LogP contribution < -0.4 is 5.73 Å². The first-order valence-corrected chi connectivity index (χ1v) is 6.53. The summed E-state index contributed by atoms with van der Waals surface area (Å²) in [5.74, 6) is 0.678. The third-order valence-electron chi connectivity index (χ3n) is 4.36. The Hall–Kier alpha value is -0.860. The topological polar surface area (TPSA) is 46.2 Å². The van der Waals surface area contributed by atoms with E-state index in [4.69, 9.17) is 5.73 Å². The van der Waals surface area contributed by atoms with Crippen LogP contribution in [0.4, 0.5) is 0 Å². The molecule has 0 radical (unpaired) electrons. The minimum atomic E-state index is -0.418. The van der Waals surface area contributed by atoms with E-state index in [1.54, 1.807) is 0 Å². The number of hydrogen-bond acceptors (Lipinski definition) is 2. The number of nitrogens with two attached hydrogens (primary N) is 1. The SMILES string of the molecule is Cc1ccccc1C(O)C1(CN)CCC(C)C1. The Balaban J connectivity index is 2.30. The van der Waals surface area contributed by atoms with E-state index in [0.717, 1.165) is 24.0 Å². The number of hydrogen-bond donors (Lipinski definition) is 2. The normalized spacial score (nSPS) is 30.5. The summed E-state index contributed by atoms with van der Waals surface area (Å²) in [6.07, 6.45) is 2.85. The lowest BCUT2D eigenvalue weighted by Crippen LogP contribution is -2.34. The minimum absolute atomic E-state index is 0.106. The maximum absolute atomic E-state index is 10.7. The van der Waals surface area contributed by atoms with Gasteiger partial charge in [-0.3, -0.25) is 0 Å². The molecule has 0 bridgehead atoms. The van der Waals surface area contributed by atoms with Gasteiger partial charge in [0, 0.05) is 12.0 Å². The van der Waals surface area contributed by atoms with Gasteiger partial charge in [0.25, 0.3) is 0 Å². The molecule has 2 heteroatoms. The summed E-state index contributed by atoms with van der Waals surface area (Å²) in [5.41, 5.74) is 8.06.